The normalized spacial score (nSPS) is 19.3. The lowest BCUT2D eigenvalue weighted by Crippen LogP contribution is -2.48. The Kier molecular flexibility index (Phi) is 6.86. The molecule has 0 radical (unpaired) electrons. The van der Waals surface area contributed by atoms with Gasteiger partial charge in [-0.05, 0) is 44.9 Å². The molecule has 1 aliphatic rings. The summed E-state index contributed by atoms with van der Waals surface area (Å²) in [5.41, 5.74) is 0.489. The molecule has 1 aromatic carbocycles. The van der Waals surface area contributed by atoms with E-state index < -0.39 is 9.84 Å². The molecule has 2 rings (SSSR count). The number of ether oxygens (including phenoxy) is 2. The second-order valence-electron chi connectivity index (χ2n) is 6.83. The highest BCUT2D eigenvalue weighted by atomic mass is 32.2. The Labute approximate surface area is 160 Å². The van der Waals surface area contributed by atoms with Crippen LogP contribution in [-0.2, 0) is 14.6 Å². The Bertz CT molecular complexity index is 804. The molecule has 0 aromatic heterocycles. The number of carbonyl (C=O) groups excluding carboxylic acids is 2. The quantitative estimate of drug-likeness (QED) is 0.624. The monoisotopic (exact) mass is 397 g/mol. The van der Waals surface area contributed by atoms with Crippen LogP contribution in [0.2, 0.25) is 0 Å². The first-order valence-electron chi connectivity index (χ1n) is 9.01. The van der Waals surface area contributed by atoms with Gasteiger partial charge in [-0.3, -0.25) is 9.59 Å². The van der Waals surface area contributed by atoms with Crippen molar-refractivity contribution in [3.63, 3.8) is 0 Å². The molecule has 0 aliphatic carbocycles. The maximum atomic E-state index is 12.8. The number of ketones is 1. The number of rotatable bonds is 8. The van der Waals surface area contributed by atoms with Crippen molar-refractivity contribution in [2.75, 3.05) is 25.2 Å². The van der Waals surface area contributed by atoms with E-state index >= 15 is 0 Å². The molecule has 27 heavy (non-hydrogen) atoms. The first kappa shape index (κ1) is 21.2. The van der Waals surface area contributed by atoms with E-state index in [0.717, 1.165) is 6.42 Å². The smallest absolute Gasteiger partial charge is 0.261 e. The van der Waals surface area contributed by atoms with Crippen LogP contribution < -0.4 is 9.47 Å². The second-order valence-corrected chi connectivity index (χ2v) is 9.05. The average molecular weight is 397 g/mol. The fraction of sp³-hybridized carbons (Fsp3) is 0.579. The summed E-state index contributed by atoms with van der Waals surface area (Å²) in [6.45, 7) is 5.10. The van der Waals surface area contributed by atoms with E-state index in [-0.39, 0.29) is 41.9 Å². The van der Waals surface area contributed by atoms with E-state index in [4.69, 9.17) is 9.47 Å². The van der Waals surface area contributed by atoms with Crippen molar-refractivity contribution in [3.8, 4) is 11.5 Å². The molecular weight excluding hydrogens is 370 g/mol. The number of carbonyl (C=O) groups is 2. The zero-order valence-corrected chi connectivity index (χ0v) is 17.0. The lowest BCUT2D eigenvalue weighted by molar-refractivity contribution is -0.137. The van der Waals surface area contributed by atoms with E-state index in [2.05, 4.69) is 0 Å². The Morgan fingerprint density at radius 2 is 2.00 bits per heavy atom. The number of hydrogen-bond donors (Lipinski definition) is 0. The van der Waals surface area contributed by atoms with E-state index in [9.17, 15) is 18.0 Å². The molecule has 1 fully saturated rings. The molecule has 2 atom stereocenters. The summed E-state index contributed by atoms with van der Waals surface area (Å²) in [6.07, 6.45) is 1.17. The fourth-order valence-electron chi connectivity index (χ4n) is 3.22. The highest BCUT2D eigenvalue weighted by Crippen LogP contribution is 2.29. The van der Waals surface area contributed by atoms with Crippen LogP contribution in [0.3, 0.4) is 0 Å². The maximum Gasteiger partial charge on any atom is 0.261 e. The number of Topliss-reactive ketones (excluding diaryl/α,β-unsaturated/α-hetero) is 1. The van der Waals surface area contributed by atoms with Crippen LogP contribution in [-0.4, -0.2) is 62.3 Å². The van der Waals surface area contributed by atoms with Gasteiger partial charge in [0.1, 0.15) is 0 Å². The first-order chi connectivity index (χ1) is 12.7. The summed E-state index contributed by atoms with van der Waals surface area (Å²) in [5.74, 6) is 0.484. The molecular formula is C19H27NO6S. The molecule has 7 nitrogen and oxygen atoms in total. The Morgan fingerprint density at radius 1 is 1.30 bits per heavy atom. The van der Waals surface area contributed by atoms with Gasteiger partial charge in [-0.25, -0.2) is 8.42 Å². The van der Waals surface area contributed by atoms with E-state index in [1.165, 1.54) is 14.0 Å². The lowest BCUT2D eigenvalue weighted by atomic mass is 10.1. The topological polar surface area (TPSA) is 90.0 Å². The van der Waals surface area contributed by atoms with Gasteiger partial charge in [0.15, 0.2) is 33.7 Å². The summed E-state index contributed by atoms with van der Waals surface area (Å²) < 4.78 is 34.5. The van der Waals surface area contributed by atoms with Gasteiger partial charge >= 0.3 is 0 Å². The van der Waals surface area contributed by atoms with Gasteiger partial charge in [-0.15, -0.1) is 0 Å². The second kappa shape index (κ2) is 8.73. The highest BCUT2D eigenvalue weighted by Gasteiger charge is 2.36. The molecule has 0 N–H and O–H groups in total. The third-order valence-electron chi connectivity index (χ3n) is 4.88. The van der Waals surface area contributed by atoms with Gasteiger partial charge in [0, 0.05) is 17.6 Å². The maximum absolute atomic E-state index is 12.8. The molecule has 0 spiro atoms. The van der Waals surface area contributed by atoms with Crippen molar-refractivity contribution in [1.29, 1.82) is 0 Å². The molecule has 0 unspecified atom stereocenters. The molecule has 0 bridgehead atoms. The molecule has 150 valence electrons. The lowest BCUT2D eigenvalue weighted by Gasteiger charge is -2.33. The average Bonchev–Trinajstić information content (AvgIpc) is 2.98. The fourth-order valence-corrected chi connectivity index (χ4v) is 4.93. The van der Waals surface area contributed by atoms with Crippen LogP contribution in [0.5, 0.6) is 11.5 Å². The predicted octanol–water partition coefficient (Wildman–Crippen LogP) is 2.09. The number of hydrogen-bond acceptors (Lipinski definition) is 6. The van der Waals surface area contributed by atoms with Crippen LogP contribution in [0.25, 0.3) is 0 Å². The van der Waals surface area contributed by atoms with Crippen molar-refractivity contribution in [1.82, 2.24) is 4.90 Å². The molecule has 8 heteroatoms. The van der Waals surface area contributed by atoms with Crippen molar-refractivity contribution in [2.24, 2.45) is 0 Å². The molecule has 1 heterocycles. The van der Waals surface area contributed by atoms with Gasteiger partial charge in [-0.2, -0.15) is 0 Å². The molecule has 0 saturated carbocycles. The summed E-state index contributed by atoms with van der Waals surface area (Å²) in [7, 11) is -1.63. The van der Waals surface area contributed by atoms with Crippen LogP contribution in [0.1, 0.15) is 44.0 Å². The molecule has 1 amide bonds. The van der Waals surface area contributed by atoms with Crippen molar-refractivity contribution >= 4 is 21.5 Å². The van der Waals surface area contributed by atoms with Crippen LogP contribution in [0.15, 0.2) is 18.2 Å². The number of nitrogens with zero attached hydrogens (tertiary/aromatic N) is 1. The van der Waals surface area contributed by atoms with Crippen LogP contribution >= 0.6 is 0 Å². The summed E-state index contributed by atoms with van der Waals surface area (Å²) in [6, 6.07) is 4.37. The molecule has 1 aromatic rings. The Morgan fingerprint density at radius 3 is 2.52 bits per heavy atom. The van der Waals surface area contributed by atoms with E-state index in [1.807, 2.05) is 13.8 Å². The van der Waals surface area contributed by atoms with Crippen molar-refractivity contribution < 1.29 is 27.5 Å². The third kappa shape index (κ3) is 5.22. The van der Waals surface area contributed by atoms with Gasteiger partial charge in [0.2, 0.25) is 0 Å². The summed E-state index contributed by atoms with van der Waals surface area (Å²) >= 11 is 0. The zero-order chi connectivity index (χ0) is 20.2. The summed E-state index contributed by atoms with van der Waals surface area (Å²) in [5, 5.41) is 0. The van der Waals surface area contributed by atoms with Gasteiger partial charge in [0.05, 0.1) is 18.6 Å². The standard InChI is InChI=1S/C19H27NO6S/c1-5-13(2)20(16-8-9-27(23,24)12-16)19(22)11-26-17-7-6-15(14(3)21)10-18(17)25-4/h6-7,10,13,16H,5,8-9,11-12H2,1-4H3/t13-,16-/m1/s1. The predicted molar refractivity (Wildman–Crippen MR) is 102 cm³/mol. The number of methoxy groups -OCH3 is 1. The van der Waals surface area contributed by atoms with Crippen LogP contribution in [0.4, 0.5) is 0 Å². The largest absolute Gasteiger partial charge is 0.493 e. The van der Waals surface area contributed by atoms with Gasteiger partial charge in [0.25, 0.3) is 5.91 Å². The van der Waals surface area contributed by atoms with Crippen LogP contribution in [0, 0.1) is 0 Å². The minimum absolute atomic E-state index is 0.000288. The zero-order valence-electron chi connectivity index (χ0n) is 16.2. The highest BCUT2D eigenvalue weighted by molar-refractivity contribution is 7.91. The van der Waals surface area contributed by atoms with E-state index in [1.54, 1.807) is 23.1 Å². The molecule has 1 saturated heterocycles. The molecule has 1 aliphatic heterocycles. The third-order valence-corrected chi connectivity index (χ3v) is 6.63. The SMILES string of the molecule is CC[C@@H](C)N(C(=O)COc1ccc(C(C)=O)cc1OC)[C@@H]1CCS(=O)(=O)C1. The van der Waals surface area contributed by atoms with Gasteiger partial charge in [-0.1, -0.05) is 6.92 Å². The van der Waals surface area contributed by atoms with E-state index in [0.29, 0.717) is 23.5 Å². The Hall–Kier alpha value is -2.09. The van der Waals surface area contributed by atoms with Crippen molar-refractivity contribution in [3.05, 3.63) is 23.8 Å². The first-order valence-corrected chi connectivity index (χ1v) is 10.8. The number of sulfone groups is 1. The van der Waals surface area contributed by atoms with Gasteiger partial charge < -0.3 is 14.4 Å². The minimum Gasteiger partial charge on any atom is -0.493 e. The minimum atomic E-state index is -3.09. The number of amides is 1. The Balaban J connectivity index is 2.13. The summed E-state index contributed by atoms with van der Waals surface area (Å²) in [4.78, 5) is 25.9. The van der Waals surface area contributed by atoms with Crippen molar-refractivity contribution in [2.45, 2.75) is 45.7 Å². The number of benzene rings is 1.